The zero-order valence-corrected chi connectivity index (χ0v) is 8.30. The third-order valence-electron chi connectivity index (χ3n) is 1.52. The minimum atomic E-state index is -3.20. The van der Waals surface area contributed by atoms with Gasteiger partial charge in [-0.05, 0) is 18.2 Å². The van der Waals surface area contributed by atoms with Crippen molar-refractivity contribution in [1.82, 2.24) is 0 Å². The Balaban J connectivity index is 3.23. The second-order valence-electron chi connectivity index (χ2n) is 2.66. The van der Waals surface area contributed by atoms with Crippen LogP contribution >= 0.6 is 0 Å². The number of nitrogens with zero attached hydrogens (tertiary/aromatic N) is 1. The first kappa shape index (κ1) is 10.3. The molecule has 0 saturated carbocycles. The predicted octanol–water partition coefficient (Wildman–Crippen LogP) is 0.965. The zero-order chi connectivity index (χ0) is 10.6. The Labute approximate surface area is 82.9 Å². The maximum absolute atomic E-state index is 11.1. The van der Waals surface area contributed by atoms with Crippen molar-refractivity contribution < 1.29 is 8.42 Å². The van der Waals surface area contributed by atoms with E-state index in [1.807, 2.05) is 0 Å². The van der Waals surface area contributed by atoms with E-state index < -0.39 is 9.84 Å². The maximum Gasteiger partial charge on any atom is 0.175 e. The Morgan fingerprint density at radius 2 is 2.07 bits per heavy atom. The third-order valence-corrected chi connectivity index (χ3v) is 2.64. The Hall–Kier alpha value is -1.78. The molecule has 0 aliphatic heterocycles. The molecule has 0 saturated heterocycles. The summed E-state index contributed by atoms with van der Waals surface area (Å²) in [6.07, 6.45) is 1.13. The summed E-state index contributed by atoms with van der Waals surface area (Å²) >= 11 is 0. The van der Waals surface area contributed by atoms with Crippen molar-refractivity contribution in [3.05, 3.63) is 29.8 Å². The van der Waals surface area contributed by atoms with E-state index in [0.29, 0.717) is 5.56 Å². The summed E-state index contributed by atoms with van der Waals surface area (Å²) in [4.78, 5) is 0.210. The van der Waals surface area contributed by atoms with Gasteiger partial charge >= 0.3 is 0 Å². The van der Waals surface area contributed by atoms with Gasteiger partial charge in [0.05, 0.1) is 4.90 Å². The largest absolute Gasteiger partial charge is 0.224 e. The smallest absolute Gasteiger partial charge is 0.175 e. The fraction of sp³-hybridized carbons (Fsp3) is 0.100. The molecule has 1 aromatic carbocycles. The van der Waals surface area contributed by atoms with Gasteiger partial charge in [-0.1, -0.05) is 12.0 Å². The third kappa shape index (κ3) is 2.62. The summed E-state index contributed by atoms with van der Waals surface area (Å²) in [5, 5.41) is 8.21. The monoisotopic (exact) mass is 205 g/mol. The van der Waals surface area contributed by atoms with E-state index in [-0.39, 0.29) is 4.90 Å². The average Bonchev–Trinajstić information content (AvgIpc) is 2.14. The van der Waals surface area contributed by atoms with E-state index in [9.17, 15) is 8.42 Å². The van der Waals surface area contributed by atoms with Crippen molar-refractivity contribution in [1.29, 1.82) is 5.26 Å². The molecule has 0 amide bonds. The zero-order valence-electron chi connectivity index (χ0n) is 7.48. The van der Waals surface area contributed by atoms with Gasteiger partial charge in [-0.2, -0.15) is 5.26 Å². The molecule has 4 heteroatoms. The lowest BCUT2D eigenvalue weighted by atomic mass is 10.2. The molecule has 0 fully saturated rings. The fourth-order valence-corrected chi connectivity index (χ4v) is 1.57. The standard InChI is InChI=1S/C10H7NO2S/c1-14(12,13)10-6-2-4-9(8-10)5-3-7-11/h2,4,6,8H,1H3. The Kier molecular flexibility index (Phi) is 2.91. The highest BCUT2D eigenvalue weighted by molar-refractivity contribution is 7.90. The van der Waals surface area contributed by atoms with Crippen LogP contribution in [0.3, 0.4) is 0 Å². The first-order valence-corrected chi connectivity index (χ1v) is 5.63. The minimum Gasteiger partial charge on any atom is -0.224 e. The lowest BCUT2D eigenvalue weighted by molar-refractivity contribution is 0.602. The molecule has 0 aliphatic rings. The van der Waals surface area contributed by atoms with E-state index in [1.54, 1.807) is 18.2 Å². The number of hydrogen-bond acceptors (Lipinski definition) is 3. The lowest BCUT2D eigenvalue weighted by Crippen LogP contribution is -1.96. The first-order chi connectivity index (χ1) is 6.54. The van der Waals surface area contributed by atoms with Crippen molar-refractivity contribution in [2.24, 2.45) is 0 Å². The summed E-state index contributed by atoms with van der Waals surface area (Å²) < 4.78 is 22.3. The van der Waals surface area contributed by atoms with Crippen LogP contribution in [0.2, 0.25) is 0 Å². The molecule has 1 aromatic rings. The molecule has 0 spiro atoms. The molecule has 70 valence electrons. The van der Waals surface area contributed by atoms with Crippen LogP contribution in [-0.4, -0.2) is 14.7 Å². The molecule has 1 rings (SSSR count). The van der Waals surface area contributed by atoms with Gasteiger partial charge in [-0.25, -0.2) is 8.42 Å². The molecular weight excluding hydrogens is 198 g/mol. The molecular formula is C10H7NO2S. The molecule has 0 aromatic heterocycles. The van der Waals surface area contributed by atoms with Gasteiger partial charge in [0.2, 0.25) is 0 Å². The number of hydrogen-bond donors (Lipinski definition) is 0. The predicted molar refractivity (Wildman–Crippen MR) is 52.0 cm³/mol. The normalized spacial score (nSPS) is 9.71. The Morgan fingerprint density at radius 1 is 1.36 bits per heavy atom. The molecule has 0 unspecified atom stereocenters. The van der Waals surface area contributed by atoms with Crippen molar-refractivity contribution in [2.75, 3.05) is 6.26 Å². The number of nitriles is 1. The number of sulfone groups is 1. The van der Waals surface area contributed by atoms with Crippen molar-refractivity contribution in [3.8, 4) is 17.9 Å². The molecule has 0 atom stereocenters. The highest BCUT2D eigenvalue weighted by Gasteiger charge is 2.05. The number of benzene rings is 1. The van der Waals surface area contributed by atoms with Crippen LogP contribution in [0, 0.1) is 23.2 Å². The van der Waals surface area contributed by atoms with Gasteiger partial charge in [0.15, 0.2) is 15.9 Å². The van der Waals surface area contributed by atoms with Crippen LogP contribution < -0.4 is 0 Å². The van der Waals surface area contributed by atoms with Gasteiger partial charge in [-0.3, -0.25) is 0 Å². The molecule has 3 nitrogen and oxygen atoms in total. The highest BCUT2D eigenvalue weighted by Crippen LogP contribution is 2.10. The second kappa shape index (κ2) is 3.95. The SMILES string of the molecule is CS(=O)(=O)c1cccc(C#CC#N)c1. The quantitative estimate of drug-likeness (QED) is 0.642. The Bertz CT molecular complexity index is 541. The van der Waals surface area contributed by atoms with E-state index in [0.717, 1.165) is 6.26 Å². The first-order valence-electron chi connectivity index (χ1n) is 3.74. The summed E-state index contributed by atoms with van der Waals surface area (Å²) in [6, 6.07) is 7.85. The van der Waals surface area contributed by atoms with Crippen LogP contribution in [0.4, 0.5) is 0 Å². The van der Waals surface area contributed by atoms with Crippen molar-refractivity contribution >= 4 is 9.84 Å². The molecule has 0 aliphatic carbocycles. The fourth-order valence-electron chi connectivity index (χ4n) is 0.905. The van der Waals surface area contributed by atoms with Crippen LogP contribution in [-0.2, 0) is 9.84 Å². The summed E-state index contributed by atoms with van der Waals surface area (Å²) in [6.45, 7) is 0. The van der Waals surface area contributed by atoms with Gasteiger partial charge in [0, 0.05) is 17.7 Å². The van der Waals surface area contributed by atoms with E-state index in [2.05, 4.69) is 11.8 Å². The minimum absolute atomic E-state index is 0.210. The van der Waals surface area contributed by atoms with Crippen molar-refractivity contribution in [3.63, 3.8) is 0 Å². The summed E-state index contributed by atoms with van der Waals surface area (Å²) in [7, 11) is -3.20. The van der Waals surface area contributed by atoms with Crippen LogP contribution in [0.1, 0.15) is 5.56 Å². The van der Waals surface area contributed by atoms with Crippen LogP contribution in [0.25, 0.3) is 0 Å². The number of rotatable bonds is 1. The molecule has 0 N–H and O–H groups in total. The molecule has 0 bridgehead atoms. The average molecular weight is 205 g/mol. The van der Waals surface area contributed by atoms with Crippen molar-refractivity contribution in [2.45, 2.75) is 4.90 Å². The molecule has 0 heterocycles. The highest BCUT2D eigenvalue weighted by atomic mass is 32.2. The summed E-state index contributed by atoms with van der Waals surface area (Å²) in [5.41, 5.74) is 0.523. The lowest BCUT2D eigenvalue weighted by Gasteiger charge is -1.97. The maximum atomic E-state index is 11.1. The van der Waals surface area contributed by atoms with Gasteiger partial charge in [0.25, 0.3) is 0 Å². The van der Waals surface area contributed by atoms with Gasteiger partial charge in [0.1, 0.15) is 0 Å². The van der Waals surface area contributed by atoms with Gasteiger partial charge < -0.3 is 0 Å². The molecule has 14 heavy (non-hydrogen) atoms. The van der Waals surface area contributed by atoms with E-state index in [1.165, 1.54) is 12.1 Å². The Morgan fingerprint density at radius 3 is 2.64 bits per heavy atom. The van der Waals surface area contributed by atoms with E-state index >= 15 is 0 Å². The molecule has 0 radical (unpaired) electrons. The second-order valence-corrected chi connectivity index (χ2v) is 4.68. The topological polar surface area (TPSA) is 57.9 Å². The van der Waals surface area contributed by atoms with Gasteiger partial charge in [-0.15, -0.1) is 0 Å². The van der Waals surface area contributed by atoms with E-state index in [4.69, 9.17) is 5.26 Å². The summed E-state index contributed by atoms with van der Waals surface area (Å²) in [5.74, 6) is 4.74. The van der Waals surface area contributed by atoms with Crippen LogP contribution in [0.15, 0.2) is 29.2 Å². The van der Waals surface area contributed by atoms with Crippen LogP contribution in [0.5, 0.6) is 0 Å².